The van der Waals surface area contributed by atoms with Gasteiger partial charge in [-0.05, 0) is 25.2 Å². The summed E-state index contributed by atoms with van der Waals surface area (Å²) in [4.78, 5) is 37.6. The van der Waals surface area contributed by atoms with Gasteiger partial charge < -0.3 is 14.2 Å². The van der Waals surface area contributed by atoms with Gasteiger partial charge in [-0.25, -0.2) is 0 Å². The van der Waals surface area contributed by atoms with E-state index in [1.54, 1.807) is 0 Å². The van der Waals surface area contributed by atoms with Crippen LogP contribution in [0.1, 0.15) is 259 Å². The average Bonchev–Trinajstić information content (AvgIpc) is 3.14. The molecular weight excluding hydrogens is 661 g/mol. The zero-order chi connectivity index (χ0) is 38.9. The highest BCUT2D eigenvalue weighted by molar-refractivity contribution is 5.71. The van der Waals surface area contributed by atoms with E-state index in [4.69, 9.17) is 14.2 Å². The van der Waals surface area contributed by atoms with Gasteiger partial charge in [0.2, 0.25) is 0 Å². The molecule has 6 nitrogen and oxygen atoms in total. The van der Waals surface area contributed by atoms with Crippen LogP contribution in [0.3, 0.4) is 0 Å². The summed E-state index contributed by atoms with van der Waals surface area (Å²) >= 11 is 0. The average molecular weight is 751 g/mol. The SMILES string of the molecule is CCCCCCCCCCCCC(=O)O[C@@H](COC(=O)CCCCCCCCC)COC(=O)CCCCCCCCCCCCCCCCCC(C)C. The monoisotopic (exact) mass is 751 g/mol. The highest BCUT2D eigenvalue weighted by atomic mass is 16.6. The molecule has 0 unspecified atom stereocenters. The van der Waals surface area contributed by atoms with Crippen molar-refractivity contribution in [3.63, 3.8) is 0 Å². The van der Waals surface area contributed by atoms with Gasteiger partial charge in [-0.15, -0.1) is 0 Å². The first-order valence-electron chi connectivity index (χ1n) is 23.4. The number of esters is 3. The van der Waals surface area contributed by atoms with Crippen LogP contribution < -0.4 is 0 Å². The molecule has 314 valence electrons. The van der Waals surface area contributed by atoms with E-state index in [0.717, 1.165) is 63.7 Å². The van der Waals surface area contributed by atoms with Gasteiger partial charge in [-0.3, -0.25) is 14.4 Å². The van der Waals surface area contributed by atoms with Crippen LogP contribution in [0, 0.1) is 5.92 Å². The first-order valence-corrected chi connectivity index (χ1v) is 23.4. The third-order valence-corrected chi connectivity index (χ3v) is 10.5. The number of hydrogen-bond donors (Lipinski definition) is 0. The summed E-state index contributed by atoms with van der Waals surface area (Å²) in [6, 6.07) is 0. The van der Waals surface area contributed by atoms with Gasteiger partial charge in [0.05, 0.1) is 0 Å². The Kier molecular flexibility index (Phi) is 40.3. The predicted molar refractivity (Wildman–Crippen MR) is 224 cm³/mol. The molecule has 0 aliphatic rings. The summed E-state index contributed by atoms with van der Waals surface area (Å²) in [5.74, 6) is -0.0108. The van der Waals surface area contributed by atoms with Crippen LogP contribution in [0.2, 0.25) is 0 Å². The summed E-state index contributed by atoms with van der Waals surface area (Å²) in [6.45, 7) is 8.97. The molecule has 53 heavy (non-hydrogen) atoms. The van der Waals surface area contributed by atoms with Crippen LogP contribution in [0.25, 0.3) is 0 Å². The van der Waals surface area contributed by atoms with Crippen LogP contribution in [0.5, 0.6) is 0 Å². The Morgan fingerprint density at radius 1 is 0.358 bits per heavy atom. The molecule has 0 aliphatic heterocycles. The fourth-order valence-corrected chi connectivity index (χ4v) is 6.98. The van der Waals surface area contributed by atoms with E-state index < -0.39 is 6.10 Å². The van der Waals surface area contributed by atoms with Crippen molar-refractivity contribution in [2.75, 3.05) is 13.2 Å². The summed E-state index contributed by atoms with van der Waals surface area (Å²) in [5.41, 5.74) is 0. The van der Waals surface area contributed by atoms with E-state index in [2.05, 4.69) is 27.7 Å². The van der Waals surface area contributed by atoms with Gasteiger partial charge in [0.25, 0.3) is 0 Å². The van der Waals surface area contributed by atoms with Crippen molar-refractivity contribution >= 4 is 17.9 Å². The van der Waals surface area contributed by atoms with Gasteiger partial charge >= 0.3 is 17.9 Å². The van der Waals surface area contributed by atoms with Crippen LogP contribution in [-0.4, -0.2) is 37.2 Å². The fraction of sp³-hybridized carbons (Fsp3) is 0.936. The lowest BCUT2D eigenvalue weighted by Gasteiger charge is -2.18. The molecule has 0 radical (unpaired) electrons. The Morgan fingerprint density at radius 3 is 0.925 bits per heavy atom. The second-order valence-corrected chi connectivity index (χ2v) is 16.5. The molecule has 6 heteroatoms. The third kappa shape index (κ3) is 41.4. The zero-order valence-corrected chi connectivity index (χ0v) is 36.0. The maximum atomic E-state index is 12.6. The molecule has 0 saturated heterocycles. The topological polar surface area (TPSA) is 78.9 Å². The molecule has 0 aromatic rings. The minimum atomic E-state index is -0.757. The van der Waals surface area contributed by atoms with Crippen molar-refractivity contribution in [1.29, 1.82) is 0 Å². The second kappa shape index (κ2) is 41.6. The normalized spacial score (nSPS) is 11.9. The summed E-state index contributed by atoms with van der Waals surface area (Å²) in [7, 11) is 0. The Labute approximate surface area is 329 Å². The van der Waals surface area contributed by atoms with Crippen molar-refractivity contribution in [3.05, 3.63) is 0 Å². The first-order chi connectivity index (χ1) is 25.9. The highest BCUT2D eigenvalue weighted by Crippen LogP contribution is 2.16. The Bertz CT molecular complexity index is 796. The minimum absolute atomic E-state index is 0.0639. The van der Waals surface area contributed by atoms with E-state index in [1.165, 1.54) is 154 Å². The number of carbonyl (C=O) groups excluding carboxylic acids is 3. The summed E-state index contributed by atoms with van der Waals surface area (Å²) in [6.07, 6.45) is 41.0. The van der Waals surface area contributed by atoms with Crippen molar-refractivity contribution in [1.82, 2.24) is 0 Å². The maximum Gasteiger partial charge on any atom is 0.306 e. The molecule has 0 aromatic carbocycles. The second-order valence-electron chi connectivity index (χ2n) is 16.5. The lowest BCUT2D eigenvalue weighted by atomic mass is 10.0. The molecule has 0 amide bonds. The van der Waals surface area contributed by atoms with E-state index in [1.807, 2.05) is 0 Å². The van der Waals surface area contributed by atoms with Gasteiger partial charge in [-0.2, -0.15) is 0 Å². The van der Waals surface area contributed by atoms with Crippen LogP contribution >= 0.6 is 0 Å². The summed E-state index contributed by atoms with van der Waals surface area (Å²) in [5, 5.41) is 0. The maximum absolute atomic E-state index is 12.6. The van der Waals surface area contributed by atoms with E-state index >= 15 is 0 Å². The van der Waals surface area contributed by atoms with Crippen molar-refractivity contribution in [2.45, 2.75) is 265 Å². The first kappa shape index (κ1) is 51.4. The smallest absolute Gasteiger partial charge is 0.306 e. The van der Waals surface area contributed by atoms with Crippen LogP contribution in [0.4, 0.5) is 0 Å². The molecule has 0 N–H and O–H groups in total. The molecule has 0 heterocycles. The molecule has 1 atom stereocenters. The number of unbranched alkanes of at least 4 members (excludes halogenated alkanes) is 29. The molecule has 0 aliphatic carbocycles. The fourth-order valence-electron chi connectivity index (χ4n) is 6.98. The van der Waals surface area contributed by atoms with E-state index in [-0.39, 0.29) is 31.1 Å². The van der Waals surface area contributed by atoms with Crippen molar-refractivity contribution in [3.8, 4) is 0 Å². The van der Waals surface area contributed by atoms with Gasteiger partial charge in [0.15, 0.2) is 6.10 Å². The molecule has 0 bridgehead atoms. The molecule has 0 fully saturated rings. The Balaban J connectivity index is 4.17. The Hall–Kier alpha value is -1.59. The standard InChI is InChI=1S/C47H90O6/c1-5-7-9-11-13-14-23-28-32-36-40-47(50)53-44(41-51-45(48)38-34-30-25-12-10-8-6-2)42-52-46(49)39-35-31-27-24-21-19-17-15-16-18-20-22-26-29-33-37-43(3)4/h43-44H,5-42H2,1-4H3/t44-/m0/s1. The molecule has 0 aromatic heterocycles. The van der Waals surface area contributed by atoms with E-state index in [9.17, 15) is 14.4 Å². The molecule has 0 spiro atoms. The van der Waals surface area contributed by atoms with Crippen LogP contribution in [-0.2, 0) is 28.6 Å². The third-order valence-electron chi connectivity index (χ3n) is 10.5. The van der Waals surface area contributed by atoms with Gasteiger partial charge in [0.1, 0.15) is 13.2 Å². The number of carbonyl (C=O) groups is 3. The van der Waals surface area contributed by atoms with E-state index in [0.29, 0.717) is 19.3 Å². The largest absolute Gasteiger partial charge is 0.462 e. The van der Waals surface area contributed by atoms with Crippen molar-refractivity contribution in [2.24, 2.45) is 5.92 Å². The number of rotatable bonds is 42. The molecule has 0 rings (SSSR count). The van der Waals surface area contributed by atoms with Crippen molar-refractivity contribution < 1.29 is 28.6 Å². The number of hydrogen-bond acceptors (Lipinski definition) is 6. The summed E-state index contributed by atoms with van der Waals surface area (Å²) < 4.78 is 16.7. The molecular formula is C47H90O6. The van der Waals surface area contributed by atoms with Crippen LogP contribution in [0.15, 0.2) is 0 Å². The lowest BCUT2D eigenvalue weighted by molar-refractivity contribution is -0.167. The highest BCUT2D eigenvalue weighted by Gasteiger charge is 2.19. The van der Waals surface area contributed by atoms with Gasteiger partial charge in [-0.1, -0.05) is 220 Å². The number of ether oxygens (including phenoxy) is 3. The molecule has 0 saturated carbocycles. The predicted octanol–water partition coefficient (Wildman–Crippen LogP) is 14.7. The zero-order valence-electron chi connectivity index (χ0n) is 36.0. The minimum Gasteiger partial charge on any atom is -0.462 e. The Morgan fingerprint density at radius 2 is 0.623 bits per heavy atom. The van der Waals surface area contributed by atoms with Gasteiger partial charge in [0, 0.05) is 19.3 Å². The lowest BCUT2D eigenvalue weighted by Crippen LogP contribution is -2.30. The quantitative estimate of drug-likeness (QED) is 0.0351.